The normalized spacial score (nSPS) is 33.6. The van der Waals surface area contributed by atoms with Gasteiger partial charge >= 0.3 is 0 Å². The molecule has 4 heteroatoms. The Morgan fingerprint density at radius 1 is 1.50 bits per heavy atom. The summed E-state index contributed by atoms with van der Waals surface area (Å²) in [4.78, 5) is 14.3. The molecule has 1 saturated carbocycles. The summed E-state index contributed by atoms with van der Waals surface area (Å²) in [5.74, 6) is 1.19. The average Bonchev–Trinajstić information content (AvgIpc) is 2.95. The third-order valence-electron chi connectivity index (χ3n) is 4.78. The van der Waals surface area contributed by atoms with Gasteiger partial charge < -0.3 is 10.6 Å². The Labute approximate surface area is 119 Å². The van der Waals surface area contributed by atoms with Gasteiger partial charge in [0.2, 0.25) is 5.91 Å². The molecule has 18 heavy (non-hydrogen) atoms. The smallest absolute Gasteiger partial charge is 0.239 e. The second kappa shape index (κ2) is 5.49. The topological polar surface area (TPSA) is 46.3 Å². The summed E-state index contributed by atoms with van der Waals surface area (Å²) in [5, 5.41) is 1.11. The molecule has 104 valence electrons. The number of hydrogen-bond donors (Lipinski definition) is 1. The lowest BCUT2D eigenvalue weighted by molar-refractivity contribution is -0.132. The molecule has 1 saturated heterocycles. The molecule has 0 radical (unpaired) electrons. The molecule has 2 fully saturated rings. The van der Waals surface area contributed by atoms with Crippen molar-refractivity contribution >= 4 is 21.8 Å². The van der Waals surface area contributed by atoms with E-state index < -0.39 is 0 Å². The highest BCUT2D eigenvalue weighted by molar-refractivity contribution is 9.09. The summed E-state index contributed by atoms with van der Waals surface area (Å²) < 4.78 is 0. The van der Waals surface area contributed by atoms with Gasteiger partial charge in [-0.1, -0.05) is 29.8 Å². The maximum absolute atomic E-state index is 12.3. The monoisotopic (exact) mass is 316 g/mol. The van der Waals surface area contributed by atoms with Crippen molar-refractivity contribution in [3.8, 4) is 0 Å². The highest BCUT2D eigenvalue weighted by Crippen LogP contribution is 2.48. The first-order chi connectivity index (χ1) is 8.47. The van der Waals surface area contributed by atoms with Crippen LogP contribution < -0.4 is 5.73 Å². The molecule has 0 aromatic rings. The maximum atomic E-state index is 12.3. The highest BCUT2D eigenvalue weighted by Gasteiger charge is 2.45. The Morgan fingerprint density at radius 2 is 2.22 bits per heavy atom. The third kappa shape index (κ3) is 2.74. The van der Waals surface area contributed by atoms with Gasteiger partial charge in [-0.25, -0.2) is 0 Å². The van der Waals surface area contributed by atoms with Gasteiger partial charge in [-0.2, -0.15) is 0 Å². The Hall–Kier alpha value is -0.0900. The number of nitrogens with two attached hydrogens (primary N) is 1. The lowest BCUT2D eigenvalue weighted by Gasteiger charge is -2.26. The number of hydrogen-bond acceptors (Lipinski definition) is 2. The lowest BCUT2D eigenvalue weighted by atomic mass is 9.85. The molecule has 2 aliphatic rings. The minimum absolute atomic E-state index is 0.157. The number of amides is 1. The number of rotatable bonds is 3. The van der Waals surface area contributed by atoms with E-state index >= 15 is 0 Å². The Morgan fingerprint density at radius 3 is 2.78 bits per heavy atom. The van der Waals surface area contributed by atoms with Crippen LogP contribution in [0.3, 0.4) is 0 Å². The number of halogens is 1. The highest BCUT2D eigenvalue weighted by atomic mass is 79.9. The van der Waals surface area contributed by atoms with E-state index in [0.717, 1.165) is 24.3 Å². The van der Waals surface area contributed by atoms with Gasteiger partial charge in [0.1, 0.15) is 0 Å². The van der Waals surface area contributed by atoms with E-state index in [1.54, 1.807) is 0 Å². The second-order valence-corrected chi connectivity index (χ2v) is 7.19. The van der Waals surface area contributed by atoms with Crippen molar-refractivity contribution < 1.29 is 4.79 Å². The third-order valence-corrected chi connectivity index (χ3v) is 5.69. The van der Waals surface area contributed by atoms with Gasteiger partial charge in [0.15, 0.2) is 0 Å². The molecule has 1 spiro atoms. The molecule has 1 aliphatic heterocycles. The van der Waals surface area contributed by atoms with Gasteiger partial charge in [-0.3, -0.25) is 4.79 Å². The van der Waals surface area contributed by atoms with Gasteiger partial charge in [-0.15, -0.1) is 0 Å². The fourth-order valence-corrected chi connectivity index (χ4v) is 4.00. The van der Waals surface area contributed by atoms with Crippen molar-refractivity contribution in [1.82, 2.24) is 4.90 Å². The van der Waals surface area contributed by atoms with Crippen LogP contribution in [0.25, 0.3) is 0 Å². The first-order valence-electron chi connectivity index (χ1n) is 7.08. The predicted molar refractivity (Wildman–Crippen MR) is 77.6 cm³/mol. The van der Waals surface area contributed by atoms with E-state index in [-0.39, 0.29) is 17.9 Å². The number of alkyl halides is 1. The van der Waals surface area contributed by atoms with Crippen LogP contribution in [0.2, 0.25) is 0 Å². The summed E-state index contributed by atoms with van der Waals surface area (Å²) in [6.07, 6.45) is 5.04. The van der Waals surface area contributed by atoms with Crippen molar-refractivity contribution in [2.24, 2.45) is 23.0 Å². The molecular formula is C14H25BrN2O. The first kappa shape index (κ1) is 14.3. The van der Waals surface area contributed by atoms with Crippen LogP contribution in [0.15, 0.2) is 0 Å². The van der Waals surface area contributed by atoms with E-state index in [9.17, 15) is 4.79 Å². The van der Waals surface area contributed by atoms with Crippen LogP contribution in [0.4, 0.5) is 0 Å². The minimum atomic E-state index is -0.325. The molecule has 0 unspecified atom stereocenters. The van der Waals surface area contributed by atoms with Crippen LogP contribution in [0.1, 0.15) is 39.5 Å². The van der Waals surface area contributed by atoms with Crippen LogP contribution in [0, 0.1) is 17.3 Å². The molecule has 1 heterocycles. The second-order valence-electron chi connectivity index (χ2n) is 6.54. The van der Waals surface area contributed by atoms with Crippen molar-refractivity contribution in [2.75, 3.05) is 18.4 Å². The zero-order valence-electron chi connectivity index (χ0n) is 11.5. The summed E-state index contributed by atoms with van der Waals surface area (Å²) >= 11 is 3.59. The van der Waals surface area contributed by atoms with Crippen molar-refractivity contribution in [3.63, 3.8) is 0 Å². The van der Waals surface area contributed by atoms with Crippen LogP contribution >= 0.6 is 15.9 Å². The van der Waals surface area contributed by atoms with E-state index in [4.69, 9.17) is 5.73 Å². The minimum Gasteiger partial charge on any atom is -0.341 e. The number of nitrogens with zero attached hydrogens (tertiary/aromatic N) is 1. The van der Waals surface area contributed by atoms with E-state index in [0.29, 0.717) is 5.41 Å². The van der Waals surface area contributed by atoms with Gasteiger partial charge in [0.05, 0.1) is 6.04 Å². The van der Waals surface area contributed by atoms with Gasteiger partial charge in [0.25, 0.3) is 0 Å². The quantitative estimate of drug-likeness (QED) is 0.813. The van der Waals surface area contributed by atoms with E-state index in [2.05, 4.69) is 15.9 Å². The molecule has 1 amide bonds. The van der Waals surface area contributed by atoms with Crippen molar-refractivity contribution in [3.05, 3.63) is 0 Å². The molecular weight excluding hydrogens is 292 g/mol. The Bertz CT molecular complexity index is 321. The van der Waals surface area contributed by atoms with Crippen LogP contribution in [-0.4, -0.2) is 35.3 Å². The van der Waals surface area contributed by atoms with Crippen LogP contribution in [-0.2, 0) is 4.79 Å². The van der Waals surface area contributed by atoms with E-state index in [1.165, 1.54) is 25.7 Å². The Balaban J connectivity index is 1.94. The number of carbonyl (C=O) groups is 1. The molecule has 0 bridgehead atoms. The standard InChI is InChI=1S/C14H25BrN2O/c1-10(2)12(16)13(18)17-6-5-14(9-17)4-3-11(7-14)8-15/h10-12H,3-9,16H2,1-2H3/t11-,12-,14+/m0/s1. The molecule has 0 aromatic heterocycles. The lowest BCUT2D eigenvalue weighted by Crippen LogP contribution is -2.46. The summed E-state index contributed by atoms with van der Waals surface area (Å²) in [6.45, 7) is 5.89. The molecule has 0 aromatic carbocycles. The van der Waals surface area contributed by atoms with Crippen molar-refractivity contribution in [1.29, 1.82) is 0 Å². The number of carbonyl (C=O) groups excluding carboxylic acids is 1. The zero-order chi connectivity index (χ0) is 13.3. The Kier molecular flexibility index (Phi) is 4.37. The fraction of sp³-hybridized carbons (Fsp3) is 0.929. The molecule has 3 atom stereocenters. The van der Waals surface area contributed by atoms with Crippen LogP contribution in [0.5, 0.6) is 0 Å². The zero-order valence-corrected chi connectivity index (χ0v) is 13.1. The SMILES string of the molecule is CC(C)[C@H](N)C(=O)N1CC[C@@]2(CC[C@H](CBr)C2)C1. The van der Waals surface area contributed by atoms with Gasteiger partial charge in [-0.05, 0) is 42.9 Å². The van der Waals surface area contributed by atoms with Gasteiger partial charge in [0, 0.05) is 18.4 Å². The average molecular weight is 317 g/mol. The molecule has 2 N–H and O–H groups in total. The predicted octanol–water partition coefficient (Wildman–Crippen LogP) is 2.38. The van der Waals surface area contributed by atoms with Crippen molar-refractivity contribution in [2.45, 2.75) is 45.6 Å². The number of likely N-dealkylation sites (tertiary alicyclic amines) is 1. The summed E-state index contributed by atoms with van der Waals surface area (Å²) in [5.41, 5.74) is 6.39. The summed E-state index contributed by atoms with van der Waals surface area (Å²) in [6, 6.07) is -0.325. The maximum Gasteiger partial charge on any atom is 0.239 e. The van der Waals surface area contributed by atoms with E-state index in [1.807, 2.05) is 18.7 Å². The fourth-order valence-electron chi connectivity index (χ4n) is 3.45. The molecule has 3 nitrogen and oxygen atoms in total. The summed E-state index contributed by atoms with van der Waals surface area (Å²) in [7, 11) is 0. The first-order valence-corrected chi connectivity index (χ1v) is 8.20. The largest absolute Gasteiger partial charge is 0.341 e. The molecule has 2 rings (SSSR count). The molecule has 1 aliphatic carbocycles.